The van der Waals surface area contributed by atoms with Gasteiger partial charge < -0.3 is 26.4 Å². The highest BCUT2D eigenvalue weighted by atomic mass is 16.5. The molecule has 3 rings (SSSR count). The fraction of sp³-hybridized carbons (Fsp3) is 0.583. The number of aromatic nitrogens is 1. The van der Waals surface area contributed by atoms with Crippen LogP contribution in [0.4, 0.5) is 5.82 Å². The van der Waals surface area contributed by atoms with E-state index in [1.165, 1.54) is 32.1 Å². The Labute approximate surface area is 185 Å². The topological polar surface area (TPSA) is 101 Å². The number of fused-ring (bicyclic) bond motifs is 1. The van der Waals surface area contributed by atoms with Gasteiger partial charge >= 0.3 is 0 Å². The van der Waals surface area contributed by atoms with Gasteiger partial charge in [0.05, 0.1) is 23.3 Å². The van der Waals surface area contributed by atoms with Crippen molar-refractivity contribution in [1.29, 1.82) is 0 Å². The van der Waals surface area contributed by atoms with Gasteiger partial charge in [-0.25, -0.2) is 4.98 Å². The van der Waals surface area contributed by atoms with E-state index < -0.39 is 6.17 Å². The van der Waals surface area contributed by atoms with Crippen LogP contribution in [0.15, 0.2) is 30.3 Å². The number of nitrogens with zero attached hydrogens (tertiary/aromatic N) is 1. The molecule has 1 aliphatic carbocycles. The summed E-state index contributed by atoms with van der Waals surface area (Å²) in [6, 6.07) is 10.4. The number of para-hydroxylation sites is 1. The molecule has 2 aromatic rings. The number of benzene rings is 1. The summed E-state index contributed by atoms with van der Waals surface area (Å²) < 4.78 is 5.85. The van der Waals surface area contributed by atoms with Crippen molar-refractivity contribution in [2.45, 2.75) is 76.7 Å². The molecule has 0 spiro atoms. The molecule has 5 N–H and O–H groups in total. The monoisotopic (exact) mass is 427 g/mol. The molecule has 1 saturated carbocycles. The average Bonchev–Trinajstić information content (AvgIpc) is 2.78. The minimum atomic E-state index is -0.442. The quantitative estimate of drug-likeness (QED) is 0.434. The molecule has 0 radical (unpaired) electrons. The lowest BCUT2D eigenvalue weighted by Gasteiger charge is -2.32. The van der Waals surface area contributed by atoms with Crippen LogP contribution >= 0.6 is 0 Å². The number of carbonyl (C=O) groups is 1. The van der Waals surface area contributed by atoms with Gasteiger partial charge in [0.15, 0.2) is 0 Å². The third-order valence-electron chi connectivity index (χ3n) is 6.04. The maximum atomic E-state index is 12.8. The maximum absolute atomic E-state index is 12.8. The third kappa shape index (κ3) is 6.38. The fourth-order valence-electron chi connectivity index (χ4n) is 4.36. The average molecular weight is 428 g/mol. The van der Waals surface area contributed by atoms with Crippen molar-refractivity contribution in [3.05, 3.63) is 35.9 Å². The van der Waals surface area contributed by atoms with Crippen molar-refractivity contribution >= 4 is 22.6 Å². The molecule has 3 unspecified atom stereocenters. The number of methoxy groups -OCH3 is 1. The highest BCUT2D eigenvalue weighted by Gasteiger charge is 2.25. The lowest BCUT2D eigenvalue weighted by Crippen LogP contribution is -2.49. The van der Waals surface area contributed by atoms with Crippen LogP contribution in [0.2, 0.25) is 0 Å². The molecule has 1 aromatic carbocycles. The van der Waals surface area contributed by atoms with E-state index in [-0.39, 0.29) is 18.1 Å². The number of hydrogen-bond donors (Lipinski definition) is 4. The molecule has 1 aliphatic rings. The predicted octanol–water partition coefficient (Wildman–Crippen LogP) is 3.40. The second-order valence-electron chi connectivity index (χ2n) is 8.51. The number of nitrogens with two attached hydrogens (primary N) is 1. The molecule has 31 heavy (non-hydrogen) atoms. The van der Waals surface area contributed by atoms with Crippen LogP contribution in [0, 0.1) is 0 Å². The smallest absolute Gasteiger partial charge is 0.256 e. The molecular formula is C24H37N5O2. The summed E-state index contributed by atoms with van der Waals surface area (Å²) in [6.45, 7) is 4.48. The minimum absolute atomic E-state index is 0.0375. The summed E-state index contributed by atoms with van der Waals surface area (Å²) in [6.07, 6.45) is 6.88. The molecule has 7 heteroatoms. The van der Waals surface area contributed by atoms with Crippen LogP contribution in [0.1, 0.15) is 62.7 Å². The van der Waals surface area contributed by atoms with Gasteiger partial charge in [0.25, 0.3) is 5.91 Å². The summed E-state index contributed by atoms with van der Waals surface area (Å²) in [5, 5.41) is 10.9. The molecule has 1 heterocycles. The van der Waals surface area contributed by atoms with Crippen LogP contribution in [0.5, 0.6) is 0 Å². The molecule has 1 aromatic heterocycles. The molecule has 0 aliphatic heterocycles. The zero-order valence-electron chi connectivity index (χ0n) is 19.0. The van der Waals surface area contributed by atoms with Gasteiger partial charge in [-0.1, -0.05) is 44.4 Å². The Morgan fingerprint density at radius 2 is 2.00 bits per heavy atom. The Morgan fingerprint density at radius 1 is 1.26 bits per heavy atom. The second kappa shape index (κ2) is 11.4. The first kappa shape index (κ1) is 23.4. The Morgan fingerprint density at radius 3 is 2.68 bits per heavy atom. The van der Waals surface area contributed by atoms with Crippen LogP contribution in [0.3, 0.4) is 0 Å². The number of hydrogen-bond acceptors (Lipinski definition) is 6. The Bertz CT molecular complexity index is 851. The van der Waals surface area contributed by atoms with Crippen LogP contribution in [-0.2, 0) is 4.74 Å². The van der Waals surface area contributed by atoms with Crippen molar-refractivity contribution in [2.75, 3.05) is 19.0 Å². The minimum Gasteiger partial charge on any atom is -0.378 e. The van der Waals surface area contributed by atoms with E-state index >= 15 is 0 Å². The molecule has 0 saturated heterocycles. The van der Waals surface area contributed by atoms with Gasteiger partial charge in [-0.3, -0.25) is 4.79 Å². The van der Waals surface area contributed by atoms with Crippen LogP contribution in [-0.4, -0.2) is 48.9 Å². The van der Waals surface area contributed by atoms with Gasteiger partial charge in [0, 0.05) is 31.1 Å². The lowest BCUT2D eigenvalue weighted by atomic mass is 9.94. The first-order chi connectivity index (χ1) is 15.0. The SMILES string of the molecule is CCC(NC1CCCCC1)C(CNc1nc2ccccc2cc1C(=O)NC(C)N)OC. The number of pyridine rings is 1. The van der Waals surface area contributed by atoms with Crippen molar-refractivity contribution < 1.29 is 9.53 Å². The molecule has 3 atom stereocenters. The van der Waals surface area contributed by atoms with Gasteiger partial charge in [0.1, 0.15) is 5.82 Å². The second-order valence-corrected chi connectivity index (χ2v) is 8.51. The van der Waals surface area contributed by atoms with Crippen molar-refractivity contribution in [2.24, 2.45) is 5.73 Å². The first-order valence-electron chi connectivity index (χ1n) is 11.5. The number of nitrogens with one attached hydrogen (secondary N) is 3. The molecule has 7 nitrogen and oxygen atoms in total. The molecule has 170 valence electrons. The summed E-state index contributed by atoms with van der Waals surface area (Å²) >= 11 is 0. The Balaban J connectivity index is 1.77. The third-order valence-corrected chi connectivity index (χ3v) is 6.04. The van der Waals surface area contributed by atoms with Gasteiger partial charge in [0.2, 0.25) is 0 Å². The summed E-state index contributed by atoms with van der Waals surface area (Å²) in [5.74, 6) is 0.309. The summed E-state index contributed by atoms with van der Waals surface area (Å²) in [7, 11) is 1.75. The molecular weight excluding hydrogens is 390 g/mol. The Hall–Kier alpha value is -2.22. The van der Waals surface area contributed by atoms with E-state index in [1.807, 2.05) is 30.3 Å². The predicted molar refractivity (Wildman–Crippen MR) is 126 cm³/mol. The molecule has 1 fully saturated rings. The zero-order chi connectivity index (χ0) is 22.2. The van der Waals surface area contributed by atoms with E-state index in [1.54, 1.807) is 14.0 Å². The van der Waals surface area contributed by atoms with Crippen LogP contribution < -0.4 is 21.7 Å². The summed E-state index contributed by atoms with van der Waals surface area (Å²) in [5.41, 5.74) is 7.10. The largest absolute Gasteiger partial charge is 0.378 e. The lowest BCUT2D eigenvalue weighted by molar-refractivity contribution is 0.0698. The summed E-state index contributed by atoms with van der Waals surface area (Å²) in [4.78, 5) is 17.5. The van der Waals surface area contributed by atoms with E-state index in [0.717, 1.165) is 17.3 Å². The highest BCUT2D eigenvalue weighted by molar-refractivity contribution is 6.02. The number of rotatable bonds is 10. The van der Waals surface area contributed by atoms with Crippen molar-refractivity contribution in [3.8, 4) is 0 Å². The van der Waals surface area contributed by atoms with Gasteiger partial charge in [-0.05, 0) is 38.3 Å². The van der Waals surface area contributed by atoms with Crippen LogP contribution in [0.25, 0.3) is 10.9 Å². The van der Waals surface area contributed by atoms with Gasteiger partial charge in [-0.15, -0.1) is 0 Å². The molecule has 1 amide bonds. The maximum Gasteiger partial charge on any atom is 0.256 e. The normalized spacial score (nSPS) is 17.8. The highest BCUT2D eigenvalue weighted by Crippen LogP contribution is 2.22. The van der Waals surface area contributed by atoms with E-state index in [0.29, 0.717) is 24.0 Å². The van der Waals surface area contributed by atoms with Crippen molar-refractivity contribution in [3.63, 3.8) is 0 Å². The number of anilines is 1. The van der Waals surface area contributed by atoms with E-state index in [2.05, 4.69) is 22.9 Å². The first-order valence-corrected chi connectivity index (χ1v) is 11.5. The van der Waals surface area contributed by atoms with E-state index in [9.17, 15) is 4.79 Å². The molecule has 0 bridgehead atoms. The standard InChI is InChI=1S/C24H37N5O2/c1-4-20(28-18-11-6-5-7-12-18)22(31-3)15-26-23-19(24(30)27-16(2)25)14-17-10-8-9-13-21(17)29-23/h8-10,13-14,16,18,20,22,28H,4-7,11-12,15,25H2,1-3H3,(H,26,29)(H,27,30). The van der Waals surface area contributed by atoms with Gasteiger partial charge in [-0.2, -0.15) is 0 Å². The van der Waals surface area contributed by atoms with E-state index in [4.69, 9.17) is 15.5 Å². The zero-order valence-corrected chi connectivity index (χ0v) is 19.0. The number of carbonyl (C=O) groups excluding carboxylic acids is 1. The number of amides is 1. The van der Waals surface area contributed by atoms with Crippen molar-refractivity contribution in [1.82, 2.24) is 15.6 Å². The number of ether oxygens (including phenoxy) is 1. The fourth-order valence-corrected chi connectivity index (χ4v) is 4.36. The Kier molecular flexibility index (Phi) is 8.63.